The van der Waals surface area contributed by atoms with Gasteiger partial charge in [-0.1, -0.05) is 38.5 Å². The lowest BCUT2D eigenvalue weighted by Gasteiger charge is -2.47. The maximum atomic E-state index is 12.3. The summed E-state index contributed by atoms with van der Waals surface area (Å²) >= 11 is 3.30. The van der Waals surface area contributed by atoms with Crippen molar-refractivity contribution in [1.82, 2.24) is 4.57 Å². The fourth-order valence-corrected chi connectivity index (χ4v) is 6.80. The minimum Gasteiger partial charge on any atom is -0.292 e. The summed E-state index contributed by atoms with van der Waals surface area (Å²) in [6, 6.07) is 2.16. The second-order valence-corrected chi connectivity index (χ2v) is 9.57. The number of fused-ring (bicyclic) bond motifs is 3. The SMILES string of the molecule is C[C@@H]1CC[C@@H]2[C@@H](C1)c1sc(=O)n(CCC#N)c1SC2(C)C. The minimum atomic E-state index is 0.123. The molecule has 5 heteroatoms. The van der Waals surface area contributed by atoms with Gasteiger partial charge in [-0.05, 0) is 24.7 Å². The van der Waals surface area contributed by atoms with E-state index in [1.54, 1.807) is 0 Å². The predicted molar refractivity (Wildman–Crippen MR) is 88.0 cm³/mol. The van der Waals surface area contributed by atoms with Crippen LogP contribution in [0.2, 0.25) is 0 Å². The van der Waals surface area contributed by atoms with Crippen molar-refractivity contribution in [1.29, 1.82) is 5.26 Å². The largest absolute Gasteiger partial charge is 0.308 e. The molecule has 0 saturated heterocycles. The van der Waals surface area contributed by atoms with Crippen molar-refractivity contribution in [2.45, 2.75) is 68.7 Å². The highest BCUT2D eigenvalue weighted by atomic mass is 32.2. The third-order valence-corrected chi connectivity index (χ3v) is 7.73. The number of rotatable bonds is 2. The number of aromatic nitrogens is 1. The molecule has 1 aliphatic heterocycles. The van der Waals surface area contributed by atoms with Gasteiger partial charge in [0.2, 0.25) is 0 Å². The van der Waals surface area contributed by atoms with Gasteiger partial charge in [0, 0.05) is 22.1 Å². The number of hydrogen-bond donors (Lipinski definition) is 0. The van der Waals surface area contributed by atoms with Gasteiger partial charge in [-0.2, -0.15) is 5.26 Å². The molecule has 114 valence electrons. The molecule has 0 aromatic carbocycles. The Hall–Kier alpha value is -0.730. The number of hydrogen-bond acceptors (Lipinski definition) is 4. The van der Waals surface area contributed by atoms with Gasteiger partial charge >= 0.3 is 4.87 Å². The third kappa shape index (κ3) is 2.57. The van der Waals surface area contributed by atoms with E-state index in [1.807, 2.05) is 16.3 Å². The molecule has 1 aromatic rings. The Morgan fingerprint density at radius 3 is 2.90 bits per heavy atom. The van der Waals surface area contributed by atoms with Crippen LogP contribution < -0.4 is 4.87 Å². The first-order valence-corrected chi connectivity index (χ1v) is 9.37. The maximum Gasteiger partial charge on any atom is 0.308 e. The lowest BCUT2D eigenvalue weighted by Crippen LogP contribution is -2.39. The Morgan fingerprint density at radius 1 is 1.43 bits per heavy atom. The van der Waals surface area contributed by atoms with Crippen LogP contribution in [0.4, 0.5) is 0 Å². The molecule has 1 aromatic heterocycles. The van der Waals surface area contributed by atoms with E-state index >= 15 is 0 Å². The first-order chi connectivity index (χ1) is 9.94. The van der Waals surface area contributed by atoms with Crippen LogP contribution in [0.1, 0.15) is 57.2 Å². The molecule has 21 heavy (non-hydrogen) atoms. The average Bonchev–Trinajstić information content (AvgIpc) is 2.72. The first kappa shape index (κ1) is 15.2. The van der Waals surface area contributed by atoms with E-state index in [2.05, 4.69) is 26.8 Å². The van der Waals surface area contributed by atoms with Gasteiger partial charge in [0.15, 0.2) is 0 Å². The van der Waals surface area contributed by atoms with Crippen LogP contribution in [-0.4, -0.2) is 9.31 Å². The highest BCUT2D eigenvalue weighted by molar-refractivity contribution is 8.00. The Morgan fingerprint density at radius 2 is 2.19 bits per heavy atom. The summed E-state index contributed by atoms with van der Waals surface area (Å²) in [5.41, 5.74) is 0. The smallest absolute Gasteiger partial charge is 0.292 e. The summed E-state index contributed by atoms with van der Waals surface area (Å²) in [6.45, 7) is 7.52. The zero-order chi connectivity index (χ0) is 15.2. The molecule has 0 amide bonds. The van der Waals surface area contributed by atoms with Gasteiger partial charge in [0.05, 0.1) is 17.5 Å². The lowest BCUT2D eigenvalue weighted by atomic mass is 9.69. The quantitative estimate of drug-likeness (QED) is 0.818. The van der Waals surface area contributed by atoms with Gasteiger partial charge in [0.1, 0.15) is 0 Å². The van der Waals surface area contributed by atoms with Crippen LogP contribution in [-0.2, 0) is 6.54 Å². The maximum absolute atomic E-state index is 12.3. The van der Waals surface area contributed by atoms with Crippen LogP contribution in [0, 0.1) is 23.2 Å². The molecular formula is C16H22N2OS2. The monoisotopic (exact) mass is 322 g/mol. The molecule has 0 unspecified atom stereocenters. The first-order valence-electron chi connectivity index (χ1n) is 7.73. The average molecular weight is 322 g/mol. The van der Waals surface area contributed by atoms with Crippen molar-refractivity contribution in [3.05, 3.63) is 14.5 Å². The summed E-state index contributed by atoms with van der Waals surface area (Å²) in [5.74, 6) is 1.97. The van der Waals surface area contributed by atoms with Crippen LogP contribution in [0.15, 0.2) is 9.82 Å². The fraction of sp³-hybridized carbons (Fsp3) is 0.750. The zero-order valence-electron chi connectivity index (χ0n) is 12.9. The standard InChI is InChI=1S/C16H22N2OS2/c1-10-5-6-12-11(9-10)13-14(21-16(12,2)3)18(8-4-7-17)15(19)20-13/h10-12H,4-6,8-9H2,1-3H3/t10-,11-,12-/m1/s1. The highest BCUT2D eigenvalue weighted by Crippen LogP contribution is 2.58. The van der Waals surface area contributed by atoms with Crippen molar-refractivity contribution in [2.75, 3.05) is 0 Å². The molecule has 2 aliphatic rings. The minimum absolute atomic E-state index is 0.123. The van der Waals surface area contributed by atoms with Crippen molar-refractivity contribution in [2.24, 2.45) is 11.8 Å². The van der Waals surface area contributed by atoms with Gasteiger partial charge in [-0.25, -0.2) is 0 Å². The highest BCUT2D eigenvalue weighted by Gasteiger charge is 2.47. The number of thiazole rings is 1. The predicted octanol–water partition coefficient (Wildman–Crippen LogP) is 4.23. The van der Waals surface area contributed by atoms with Crippen molar-refractivity contribution < 1.29 is 0 Å². The van der Waals surface area contributed by atoms with E-state index in [0.717, 1.165) is 10.9 Å². The Labute approximate surface area is 134 Å². The Bertz CT molecular complexity index is 638. The van der Waals surface area contributed by atoms with Crippen molar-refractivity contribution >= 4 is 23.1 Å². The molecule has 0 bridgehead atoms. The number of thioether (sulfide) groups is 1. The Balaban J connectivity index is 2.05. The molecular weight excluding hydrogens is 300 g/mol. The zero-order valence-corrected chi connectivity index (χ0v) is 14.5. The summed E-state index contributed by atoms with van der Waals surface area (Å²) in [5, 5.41) is 9.97. The van der Waals surface area contributed by atoms with E-state index in [0.29, 0.717) is 24.8 Å². The summed E-state index contributed by atoms with van der Waals surface area (Å²) in [4.78, 5) is 13.8. The summed E-state index contributed by atoms with van der Waals surface area (Å²) < 4.78 is 2.03. The fourth-order valence-electron chi connectivity index (χ4n) is 3.93. The van der Waals surface area contributed by atoms with E-state index < -0.39 is 0 Å². The summed E-state index contributed by atoms with van der Waals surface area (Å²) in [6.07, 6.45) is 4.20. The summed E-state index contributed by atoms with van der Waals surface area (Å²) in [7, 11) is 0. The second kappa shape index (κ2) is 5.48. The molecule has 0 spiro atoms. The van der Waals surface area contributed by atoms with Gasteiger partial charge in [-0.15, -0.1) is 11.8 Å². The molecule has 3 nitrogen and oxygen atoms in total. The van der Waals surface area contributed by atoms with Gasteiger partial charge in [0.25, 0.3) is 0 Å². The van der Waals surface area contributed by atoms with E-state index in [-0.39, 0.29) is 9.62 Å². The molecule has 0 radical (unpaired) electrons. The van der Waals surface area contributed by atoms with Crippen LogP contribution in [0.3, 0.4) is 0 Å². The second-order valence-electron chi connectivity index (χ2n) is 6.93. The molecule has 1 saturated carbocycles. The van der Waals surface area contributed by atoms with E-state index in [1.165, 1.54) is 35.5 Å². The normalized spacial score (nSPS) is 30.3. The number of nitriles is 1. The lowest BCUT2D eigenvalue weighted by molar-refractivity contribution is 0.208. The number of nitrogens with zero attached hydrogens (tertiary/aromatic N) is 2. The van der Waals surface area contributed by atoms with Gasteiger partial charge < -0.3 is 0 Å². The third-order valence-electron chi connectivity index (χ3n) is 5.02. The van der Waals surface area contributed by atoms with Crippen LogP contribution >= 0.6 is 23.1 Å². The molecule has 3 rings (SSSR count). The van der Waals surface area contributed by atoms with Crippen molar-refractivity contribution in [3.63, 3.8) is 0 Å². The van der Waals surface area contributed by atoms with Crippen LogP contribution in [0.25, 0.3) is 0 Å². The Kier molecular flexibility index (Phi) is 3.96. The van der Waals surface area contributed by atoms with E-state index in [9.17, 15) is 4.79 Å². The van der Waals surface area contributed by atoms with Gasteiger partial charge in [-0.3, -0.25) is 9.36 Å². The van der Waals surface area contributed by atoms with E-state index in [4.69, 9.17) is 5.26 Å². The molecule has 1 fully saturated rings. The molecule has 3 atom stereocenters. The van der Waals surface area contributed by atoms with Crippen LogP contribution in [0.5, 0.6) is 0 Å². The molecule has 1 aliphatic carbocycles. The molecule has 0 N–H and O–H groups in total. The molecule has 2 heterocycles. The topological polar surface area (TPSA) is 45.8 Å². The van der Waals surface area contributed by atoms with Crippen molar-refractivity contribution in [3.8, 4) is 6.07 Å².